The van der Waals surface area contributed by atoms with Gasteiger partial charge in [-0.1, -0.05) is 24.3 Å². The third kappa shape index (κ3) is 4.36. The number of carbonyl (C=O) groups excluding carboxylic acids is 1. The van der Waals surface area contributed by atoms with Gasteiger partial charge in [0.15, 0.2) is 0 Å². The second-order valence-corrected chi connectivity index (χ2v) is 6.13. The lowest BCUT2D eigenvalue weighted by Gasteiger charge is -2.22. The molecule has 0 heterocycles. The first-order valence-corrected chi connectivity index (χ1v) is 8.15. The van der Waals surface area contributed by atoms with Crippen molar-refractivity contribution in [2.75, 3.05) is 17.2 Å². The lowest BCUT2D eigenvalue weighted by molar-refractivity contribution is -0.116. The largest absolute Gasteiger partial charge is 0.312 e. The van der Waals surface area contributed by atoms with Gasteiger partial charge in [-0.25, -0.2) is 0 Å². The highest BCUT2D eigenvalue weighted by molar-refractivity contribution is 8.00. The minimum absolute atomic E-state index is 0.149. The summed E-state index contributed by atoms with van der Waals surface area (Å²) in [5.41, 5.74) is 3.37. The average Bonchev–Trinajstić information content (AvgIpc) is 2.46. The maximum atomic E-state index is 12.5. The first-order chi connectivity index (χ1) is 10.1. The molecule has 0 aromatic heterocycles. The van der Waals surface area contributed by atoms with Crippen LogP contribution >= 0.6 is 11.8 Å². The standard InChI is InChI=1S/C18H21NOS/c1-4-19(16-11-14(2)10-15(3)12-16)18(20)13-21-17-8-6-5-7-9-17/h5-12H,4,13H2,1-3H3. The Bertz CT molecular complexity index is 590. The minimum atomic E-state index is 0.149. The Morgan fingerprint density at radius 1 is 1.05 bits per heavy atom. The van der Waals surface area contributed by atoms with E-state index in [-0.39, 0.29) is 5.91 Å². The zero-order chi connectivity index (χ0) is 15.2. The molecule has 0 unspecified atom stereocenters. The van der Waals surface area contributed by atoms with Gasteiger partial charge in [0.1, 0.15) is 0 Å². The fourth-order valence-corrected chi connectivity index (χ4v) is 3.14. The highest BCUT2D eigenvalue weighted by Crippen LogP contribution is 2.22. The molecule has 0 bridgehead atoms. The van der Waals surface area contributed by atoms with Crippen LogP contribution in [0.2, 0.25) is 0 Å². The molecule has 0 aliphatic heterocycles. The number of hydrogen-bond donors (Lipinski definition) is 0. The number of rotatable bonds is 5. The summed E-state index contributed by atoms with van der Waals surface area (Å²) in [6.45, 7) is 6.83. The Balaban J connectivity index is 2.08. The lowest BCUT2D eigenvalue weighted by atomic mass is 10.1. The molecule has 3 heteroatoms. The van der Waals surface area contributed by atoms with E-state index in [9.17, 15) is 4.79 Å². The number of benzene rings is 2. The zero-order valence-electron chi connectivity index (χ0n) is 12.8. The molecule has 0 spiro atoms. The summed E-state index contributed by atoms with van der Waals surface area (Å²) < 4.78 is 0. The van der Waals surface area contributed by atoms with Gasteiger partial charge in [-0.3, -0.25) is 4.79 Å². The van der Waals surface area contributed by atoms with Gasteiger partial charge in [0.2, 0.25) is 5.91 Å². The second-order valence-electron chi connectivity index (χ2n) is 5.09. The summed E-state index contributed by atoms with van der Waals surface area (Å²) in [5, 5.41) is 0. The van der Waals surface area contributed by atoms with E-state index in [0.717, 1.165) is 10.6 Å². The third-order valence-corrected chi connectivity index (χ3v) is 4.24. The molecule has 2 aromatic carbocycles. The van der Waals surface area contributed by atoms with E-state index < -0.39 is 0 Å². The Kier molecular flexibility index (Phi) is 5.45. The number of hydrogen-bond acceptors (Lipinski definition) is 2. The topological polar surface area (TPSA) is 20.3 Å². The van der Waals surface area contributed by atoms with Gasteiger partial charge in [-0.2, -0.15) is 0 Å². The van der Waals surface area contributed by atoms with Gasteiger partial charge in [-0.05, 0) is 56.2 Å². The number of thioether (sulfide) groups is 1. The molecule has 0 saturated carbocycles. The number of anilines is 1. The van der Waals surface area contributed by atoms with Gasteiger partial charge < -0.3 is 4.90 Å². The van der Waals surface area contributed by atoms with Gasteiger partial charge >= 0.3 is 0 Å². The van der Waals surface area contributed by atoms with Crippen molar-refractivity contribution in [2.45, 2.75) is 25.7 Å². The van der Waals surface area contributed by atoms with E-state index in [1.807, 2.05) is 42.2 Å². The van der Waals surface area contributed by atoms with Crippen molar-refractivity contribution in [3.63, 3.8) is 0 Å². The normalized spacial score (nSPS) is 10.4. The highest BCUT2D eigenvalue weighted by atomic mass is 32.2. The quantitative estimate of drug-likeness (QED) is 0.760. The van der Waals surface area contributed by atoms with E-state index in [1.165, 1.54) is 11.1 Å². The first kappa shape index (κ1) is 15.6. The molecule has 1 amide bonds. The Hall–Kier alpha value is -1.74. The van der Waals surface area contributed by atoms with E-state index >= 15 is 0 Å². The van der Waals surface area contributed by atoms with E-state index in [0.29, 0.717) is 12.3 Å². The Labute approximate surface area is 131 Å². The van der Waals surface area contributed by atoms with Crippen LogP contribution in [0.15, 0.2) is 53.4 Å². The minimum Gasteiger partial charge on any atom is -0.312 e. The van der Waals surface area contributed by atoms with Gasteiger partial charge in [0.25, 0.3) is 0 Å². The fraction of sp³-hybridized carbons (Fsp3) is 0.278. The van der Waals surface area contributed by atoms with Crippen LogP contribution in [0.5, 0.6) is 0 Å². The van der Waals surface area contributed by atoms with Crippen molar-refractivity contribution in [2.24, 2.45) is 0 Å². The van der Waals surface area contributed by atoms with Gasteiger partial charge in [0, 0.05) is 17.1 Å². The molecule has 2 rings (SSSR count). The molecule has 0 saturated heterocycles. The van der Waals surface area contributed by atoms with Crippen LogP contribution in [-0.2, 0) is 4.79 Å². The fourth-order valence-electron chi connectivity index (χ4n) is 2.35. The lowest BCUT2D eigenvalue weighted by Crippen LogP contribution is -2.32. The average molecular weight is 299 g/mol. The molecule has 110 valence electrons. The molecule has 0 aliphatic carbocycles. The molecule has 0 atom stereocenters. The summed E-state index contributed by atoms with van der Waals surface area (Å²) in [4.78, 5) is 15.5. The number of nitrogens with zero attached hydrogens (tertiary/aromatic N) is 1. The monoisotopic (exact) mass is 299 g/mol. The van der Waals surface area contributed by atoms with E-state index in [4.69, 9.17) is 0 Å². The van der Waals surface area contributed by atoms with Crippen LogP contribution in [-0.4, -0.2) is 18.2 Å². The van der Waals surface area contributed by atoms with Crippen LogP contribution in [0.25, 0.3) is 0 Å². The van der Waals surface area contributed by atoms with Crippen molar-refractivity contribution in [1.82, 2.24) is 0 Å². The predicted octanol–water partition coefficient (Wildman–Crippen LogP) is 4.45. The third-order valence-electron chi connectivity index (χ3n) is 3.24. The summed E-state index contributed by atoms with van der Waals surface area (Å²) in [6.07, 6.45) is 0. The van der Waals surface area contributed by atoms with E-state index in [1.54, 1.807) is 11.8 Å². The summed E-state index contributed by atoms with van der Waals surface area (Å²) in [5.74, 6) is 0.613. The molecular weight excluding hydrogens is 278 g/mol. The van der Waals surface area contributed by atoms with Crippen LogP contribution in [0.4, 0.5) is 5.69 Å². The van der Waals surface area contributed by atoms with Crippen LogP contribution in [0.1, 0.15) is 18.1 Å². The van der Waals surface area contributed by atoms with Gasteiger partial charge in [-0.15, -0.1) is 11.8 Å². The predicted molar refractivity (Wildman–Crippen MR) is 91.1 cm³/mol. The zero-order valence-corrected chi connectivity index (χ0v) is 13.6. The van der Waals surface area contributed by atoms with E-state index in [2.05, 4.69) is 32.0 Å². The van der Waals surface area contributed by atoms with Gasteiger partial charge in [0.05, 0.1) is 5.75 Å². The molecule has 2 nitrogen and oxygen atoms in total. The van der Waals surface area contributed by atoms with Crippen molar-refractivity contribution >= 4 is 23.4 Å². The molecule has 0 fully saturated rings. The van der Waals surface area contributed by atoms with Crippen LogP contribution in [0.3, 0.4) is 0 Å². The molecule has 0 aliphatic rings. The second kappa shape index (κ2) is 7.32. The van der Waals surface area contributed by atoms with Crippen molar-refractivity contribution in [1.29, 1.82) is 0 Å². The Morgan fingerprint density at radius 2 is 1.67 bits per heavy atom. The van der Waals surface area contributed by atoms with Crippen molar-refractivity contribution < 1.29 is 4.79 Å². The SMILES string of the molecule is CCN(C(=O)CSc1ccccc1)c1cc(C)cc(C)c1. The molecule has 0 N–H and O–H groups in total. The molecule has 0 radical (unpaired) electrons. The summed E-state index contributed by atoms with van der Waals surface area (Å²) in [7, 11) is 0. The van der Waals surface area contributed by atoms with Crippen molar-refractivity contribution in [3.05, 3.63) is 59.7 Å². The maximum absolute atomic E-state index is 12.5. The first-order valence-electron chi connectivity index (χ1n) is 7.16. The summed E-state index contributed by atoms with van der Waals surface area (Å²) >= 11 is 1.58. The van der Waals surface area contributed by atoms with Crippen LogP contribution < -0.4 is 4.90 Å². The maximum Gasteiger partial charge on any atom is 0.237 e. The molecular formula is C18H21NOS. The number of carbonyl (C=O) groups is 1. The molecule has 21 heavy (non-hydrogen) atoms. The molecule has 2 aromatic rings. The van der Waals surface area contributed by atoms with Crippen LogP contribution in [0, 0.1) is 13.8 Å². The Morgan fingerprint density at radius 3 is 2.24 bits per heavy atom. The smallest absolute Gasteiger partial charge is 0.237 e. The number of aryl methyl sites for hydroxylation is 2. The number of amides is 1. The summed E-state index contributed by atoms with van der Waals surface area (Å²) in [6, 6.07) is 16.3. The van der Waals surface area contributed by atoms with Crippen molar-refractivity contribution in [3.8, 4) is 0 Å². The highest BCUT2D eigenvalue weighted by Gasteiger charge is 2.14.